The molecule has 0 aliphatic carbocycles. The first kappa shape index (κ1) is 10.8. The molecule has 0 bridgehead atoms. The number of hydrogen-bond acceptors (Lipinski definition) is 5. The van der Waals surface area contributed by atoms with Gasteiger partial charge in [-0.25, -0.2) is 4.79 Å². The fourth-order valence-corrected chi connectivity index (χ4v) is 1.38. The van der Waals surface area contributed by atoms with Crippen LogP contribution in [-0.2, 0) is 0 Å². The number of nitrogens with zero attached hydrogens (tertiary/aromatic N) is 1. The van der Waals surface area contributed by atoms with Crippen LogP contribution in [0.4, 0.5) is 0 Å². The van der Waals surface area contributed by atoms with Gasteiger partial charge in [0.2, 0.25) is 5.76 Å². The molecule has 0 saturated carbocycles. The lowest BCUT2D eigenvalue weighted by Crippen LogP contribution is -1.98. The van der Waals surface area contributed by atoms with Gasteiger partial charge in [0.1, 0.15) is 0 Å². The third-order valence-electron chi connectivity index (χ3n) is 1.27. The highest BCUT2D eigenvalue weighted by Crippen LogP contribution is 2.17. The van der Waals surface area contributed by atoms with E-state index in [9.17, 15) is 9.59 Å². The Kier molecular flexibility index (Phi) is 3.29. The molecule has 1 rings (SSSR count). The van der Waals surface area contributed by atoms with Crippen LogP contribution in [0.5, 0.6) is 0 Å². The second kappa shape index (κ2) is 4.28. The van der Waals surface area contributed by atoms with Crippen molar-refractivity contribution in [2.75, 3.05) is 0 Å². The van der Waals surface area contributed by atoms with E-state index in [1.165, 1.54) is 0 Å². The number of carboxylic acids is 1. The van der Waals surface area contributed by atoms with E-state index < -0.39 is 5.97 Å². The second-order valence-corrected chi connectivity index (χ2v) is 4.38. The van der Waals surface area contributed by atoms with E-state index in [0.29, 0.717) is 0 Å². The van der Waals surface area contributed by atoms with Gasteiger partial charge < -0.3 is 9.63 Å². The number of thioether (sulfide) groups is 1. The molecule has 0 aromatic carbocycles. The van der Waals surface area contributed by atoms with Gasteiger partial charge in [0.15, 0.2) is 5.69 Å². The quantitative estimate of drug-likeness (QED) is 0.825. The number of rotatable bonds is 3. The van der Waals surface area contributed by atoms with E-state index in [1.54, 1.807) is 0 Å². The zero-order valence-corrected chi connectivity index (χ0v) is 8.50. The van der Waals surface area contributed by atoms with E-state index in [1.807, 2.05) is 13.8 Å². The van der Waals surface area contributed by atoms with Crippen molar-refractivity contribution in [1.29, 1.82) is 0 Å². The van der Waals surface area contributed by atoms with Crippen molar-refractivity contribution in [3.05, 3.63) is 17.5 Å². The van der Waals surface area contributed by atoms with Gasteiger partial charge in [0.05, 0.1) is 0 Å². The predicted octanol–water partition coefficient (Wildman–Crippen LogP) is 1.65. The molecule has 0 amide bonds. The van der Waals surface area contributed by atoms with E-state index >= 15 is 0 Å². The summed E-state index contributed by atoms with van der Waals surface area (Å²) in [7, 11) is 0. The van der Waals surface area contributed by atoms with E-state index in [0.717, 1.165) is 17.8 Å². The molecule has 5 nitrogen and oxygen atoms in total. The van der Waals surface area contributed by atoms with Crippen molar-refractivity contribution in [3.8, 4) is 0 Å². The molecule has 0 atom stereocenters. The predicted molar refractivity (Wildman–Crippen MR) is 50.5 cm³/mol. The number of aromatic nitrogens is 1. The number of carbonyl (C=O) groups is 2. The van der Waals surface area contributed by atoms with Crippen LogP contribution < -0.4 is 0 Å². The largest absolute Gasteiger partial charge is 0.476 e. The summed E-state index contributed by atoms with van der Waals surface area (Å²) in [5.41, 5.74) is -0.252. The van der Waals surface area contributed by atoms with Gasteiger partial charge in [-0.1, -0.05) is 30.8 Å². The van der Waals surface area contributed by atoms with Crippen LogP contribution in [-0.4, -0.2) is 26.6 Å². The Hall–Kier alpha value is -1.30. The number of hydrogen-bond donors (Lipinski definition) is 1. The number of aromatic carboxylic acids is 1. The third kappa shape index (κ3) is 2.59. The Labute approximate surface area is 84.5 Å². The molecule has 6 heteroatoms. The molecule has 1 heterocycles. The van der Waals surface area contributed by atoms with Crippen molar-refractivity contribution in [2.45, 2.75) is 19.1 Å². The fourth-order valence-electron chi connectivity index (χ4n) is 0.744. The molecule has 0 spiro atoms. The fraction of sp³-hybridized carbons (Fsp3) is 0.375. The number of carbonyl (C=O) groups excluding carboxylic acids is 1. The Balaban J connectivity index is 2.76. The maximum absolute atomic E-state index is 11.3. The standard InChI is InChI=1S/C8H9NO4S/c1-4(2)14-8(12)6-3-5(7(10)11)9-13-6/h3-4H,1-2H3,(H,10,11). The monoisotopic (exact) mass is 215 g/mol. The van der Waals surface area contributed by atoms with Crippen LogP contribution in [0.25, 0.3) is 0 Å². The normalized spacial score (nSPS) is 10.5. The van der Waals surface area contributed by atoms with Crippen molar-refractivity contribution < 1.29 is 19.2 Å². The molecule has 0 fully saturated rings. The first-order valence-electron chi connectivity index (χ1n) is 3.91. The van der Waals surface area contributed by atoms with Crippen molar-refractivity contribution in [2.24, 2.45) is 0 Å². The minimum atomic E-state index is -1.21. The molecule has 14 heavy (non-hydrogen) atoms. The van der Waals surface area contributed by atoms with Crippen molar-refractivity contribution in [1.82, 2.24) is 5.16 Å². The maximum Gasteiger partial charge on any atom is 0.358 e. The van der Waals surface area contributed by atoms with Crippen molar-refractivity contribution >= 4 is 22.8 Å². The Bertz CT molecular complexity index is 358. The molecule has 1 aromatic heterocycles. The molecular formula is C8H9NO4S. The molecule has 0 unspecified atom stereocenters. The zero-order valence-electron chi connectivity index (χ0n) is 7.68. The Morgan fingerprint density at radius 2 is 2.21 bits per heavy atom. The third-order valence-corrected chi connectivity index (χ3v) is 2.16. The van der Waals surface area contributed by atoms with Crippen LogP contribution in [0.15, 0.2) is 10.6 Å². The molecule has 76 valence electrons. The lowest BCUT2D eigenvalue weighted by Gasteiger charge is -1.98. The summed E-state index contributed by atoms with van der Waals surface area (Å²) < 4.78 is 4.59. The molecular weight excluding hydrogens is 206 g/mol. The van der Waals surface area contributed by atoms with Gasteiger partial charge >= 0.3 is 5.97 Å². The lowest BCUT2D eigenvalue weighted by molar-refractivity contribution is 0.0685. The molecule has 1 aromatic rings. The number of carboxylic acid groups (broad SMARTS) is 1. The van der Waals surface area contributed by atoms with Gasteiger partial charge in [0.25, 0.3) is 5.12 Å². The van der Waals surface area contributed by atoms with Crippen molar-refractivity contribution in [3.63, 3.8) is 0 Å². The maximum atomic E-state index is 11.3. The smallest absolute Gasteiger partial charge is 0.358 e. The molecule has 0 aliphatic rings. The average Bonchev–Trinajstić information content (AvgIpc) is 2.50. The van der Waals surface area contributed by atoms with Crippen LogP contribution in [0.3, 0.4) is 0 Å². The molecule has 0 saturated heterocycles. The van der Waals surface area contributed by atoms with E-state index in [4.69, 9.17) is 5.11 Å². The van der Waals surface area contributed by atoms with Crippen LogP contribution in [0.1, 0.15) is 34.9 Å². The van der Waals surface area contributed by atoms with Gasteiger partial charge in [-0.15, -0.1) is 0 Å². The van der Waals surface area contributed by atoms with Crippen LogP contribution in [0.2, 0.25) is 0 Å². The summed E-state index contributed by atoms with van der Waals surface area (Å²) >= 11 is 1.07. The van der Waals surface area contributed by atoms with Crippen LogP contribution >= 0.6 is 11.8 Å². The van der Waals surface area contributed by atoms with Gasteiger partial charge in [0, 0.05) is 11.3 Å². The Morgan fingerprint density at radius 1 is 1.57 bits per heavy atom. The Morgan fingerprint density at radius 3 is 2.64 bits per heavy atom. The minimum Gasteiger partial charge on any atom is -0.476 e. The van der Waals surface area contributed by atoms with Gasteiger partial charge in [-0.3, -0.25) is 4.79 Å². The summed E-state index contributed by atoms with van der Waals surface area (Å²) in [5, 5.41) is 11.6. The second-order valence-electron chi connectivity index (χ2n) is 2.84. The SMILES string of the molecule is CC(C)SC(=O)c1cc(C(=O)O)no1. The van der Waals surface area contributed by atoms with E-state index in [-0.39, 0.29) is 21.8 Å². The van der Waals surface area contributed by atoms with Crippen LogP contribution in [0, 0.1) is 0 Å². The highest BCUT2D eigenvalue weighted by Gasteiger charge is 2.17. The van der Waals surface area contributed by atoms with E-state index in [2.05, 4.69) is 9.68 Å². The highest BCUT2D eigenvalue weighted by molar-refractivity contribution is 8.14. The summed E-state index contributed by atoms with van der Waals surface area (Å²) in [5.74, 6) is -1.23. The zero-order chi connectivity index (χ0) is 10.7. The first-order chi connectivity index (χ1) is 6.50. The topological polar surface area (TPSA) is 80.4 Å². The first-order valence-corrected chi connectivity index (χ1v) is 4.79. The summed E-state index contributed by atoms with van der Waals surface area (Å²) in [6, 6.07) is 1.13. The molecule has 0 radical (unpaired) electrons. The average molecular weight is 215 g/mol. The summed E-state index contributed by atoms with van der Waals surface area (Å²) in [4.78, 5) is 21.7. The van der Waals surface area contributed by atoms with Gasteiger partial charge in [-0.2, -0.15) is 0 Å². The minimum absolute atomic E-state index is 0.0268. The highest BCUT2D eigenvalue weighted by atomic mass is 32.2. The molecule has 1 N–H and O–H groups in total. The molecule has 0 aliphatic heterocycles. The summed E-state index contributed by atoms with van der Waals surface area (Å²) in [6.45, 7) is 3.72. The lowest BCUT2D eigenvalue weighted by atomic mass is 10.4. The summed E-state index contributed by atoms with van der Waals surface area (Å²) in [6.07, 6.45) is 0. The van der Waals surface area contributed by atoms with Gasteiger partial charge in [-0.05, 0) is 0 Å².